The summed E-state index contributed by atoms with van der Waals surface area (Å²) in [4.78, 5) is 12.4. The van der Waals surface area contributed by atoms with E-state index in [4.69, 9.17) is 0 Å². The van der Waals surface area contributed by atoms with Gasteiger partial charge in [0.15, 0.2) is 0 Å². The summed E-state index contributed by atoms with van der Waals surface area (Å²) in [6.45, 7) is 4.16. The standard InChI is InChI=1S/C55H93NO3/c1-3-5-7-9-11-13-15-16-17-18-19-20-21-22-23-24-25-26-27-28-29-30-31-32-33-34-35-36-37-38-39-40-41-43-45-47-49-51-55(59)56-53(52-57)54(58)50-48-46-44-42-14-12-10-8-6-4-2/h5,7,11,13,16-17,19-20,22-23,25-26,28-29,31-32,48,50,53-54,57-58H,3-4,6,8-10,12,14-15,18,21,24,27,30,33-47,49,51-52H2,1-2H3,(H,56,59)/b7-5-,13-11-,17-16-,20-19-,23-22-,26-25-,29-28-,32-31-,50-48+. The molecule has 0 rings (SSSR count). The first-order valence-electron chi connectivity index (χ1n) is 24.6. The van der Waals surface area contributed by atoms with E-state index in [1.807, 2.05) is 6.08 Å². The van der Waals surface area contributed by atoms with Crippen LogP contribution in [-0.2, 0) is 4.79 Å². The van der Waals surface area contributed by atoms with Crippen LogP contribution in [-0.4, -0.2) is 34.9 Å². The number of hydrogen-bond acceptors (Lipinski definition) is 3. The molecule has 0 aromatic carbocycles. The fraction of sp³-hybridized carbons (Fsp3) is 0.655. The molecule has 0 aromatic rings. The highest BCUT2D eigenvalue weighted by Gasteiger charge is 2.17. The summed E-state index contributed by atoms with van der Waals surface area (Å²) in [5.41, 5.74) is 0. The lowest BCUT2D eigenvalue weighted by Gasteiger charge is -2.20. The number of allylic oxidation sites excluding steroid dienone is 17. The Kier molecular flexibility index (Phi) is 46.9. The quantitative estimate of drug-likeness (QED) is 0.0424. The van der Waals surface area contributed by atoms with Gasteiger partial charge < -0.3 is 15.5 Å². The molecule has 0 heterocycles. The summed E-state index contributed by atoms with van der Waals surface area (Å²) in [6, 6.07) is -0.627. The highest BCUT2D eigenvalue weighted by atomic mass is 16.3. The van der Waals surface area contributed by atoms with Crippen molar-refractivity contribution in [3.8, 4) is 0 Å². The third kappa shape index (κ3) is 46.0. The molecule has 0 radical (unpaired) electrons. The topological polar surface area (TPSA) is 69.6 Å². The predicted octanol–water partition coefficient (Wildman–Crippen LogP) is 16.0. The fourth-order valence-corrected chi connectivity index (χ4v) is 6.78. The first-order valence-corrected chi connectivity index (χ1v) is 24.6. The Hall–Kier alpha value is -2.95. The van der Waals surface area contributed by atoms with Gasteiger partial charge in [0, 0.05) is 6.42 Å². The summed E-state index contributed by atoms with van der Waals surface area (Å²) in [6.07, 6.45) is 75.1. The van der Waals surface area contributed by atoms with Gasteiger partial charge >= 0.3 is 0 Å². The Morgan fingerprint density at radius 2 is 0.746 bits per heavy atom. The van der Waals surface area contributed by atoms with Gasteiger partial charge in [-0.15, -0.1) is 0 Å². The number of nitrogens with one attached hydrogen (secondary N) is 1. The lowest BCUT2D eigenvalue weighted by atomic mass is 10.0. The molecule has 3 N–H and O–H groups in total. The van der Waals surface area contributed by atoms with E-state index in [2.05, 4.69) is 116 Å². The van der Waals surface area contributed by atoms with E-state index in [0.29, 0.717) is 6.42 Å². The van der Waals surface area contributed by atoms with Crippen LogP contribution in [0.2, 0.25) is 0 Å². The first kappa shape index (κ1) is 56.0. The molecular formula is C55H93NO3. The van der Waals surface area contributed by atoms with Crippen LogP contribution >= 0.6 is 0 Å². The molecular weight excluding hydrogens is 723 g/mol. The van der Waals surface area contributed by atoms with Crippen molar-refractivity contribution in [2.75, 3.05) is 6.61 Å². The van der Waals surface area contributed by atoms with Gasteiger partial charge in [0.1, 0.15) is 0 Å². The third-order valence-corrected chi connectivity index (χ3v) is 10.5. The van der Waals surface area contributed by atoms with Crippen LogP contribution in [0.15, 0.2) is 109 Å². The number of amides is 1. The molecule has 0 saturated heterocycles. The summed E-state index contributed by atoms with van der Waals surface area (Å²) >= 11 is 0. The minimum absolute atomic E-state index is 0.0730. The monoisotopic (exact) mass is 816 g/mol. The second-order valence-corrected chi connectivity index (χ2v) is 16.1. The zero-order valence-electron chi connectivity index (χ0n) is 38.5. The van der Waals surface area contributed by atoms with Crippen LogP contribution < -0.4 is 5.32 Å². The maximum atomic E-state index is 12.4. The number of carbonyl (C=O) groups excluding carboxylic acids is 1. The number of aliphatic hydroxyl groups excluding tert-OH is 2. The molecule has 0 aliphatic heterocycles. The van der Waals surface area contributed by atoms with Crippen LogP contribution in [0.4, 0.5) is 0 Å². The summed E-state index contributed by atoms with van der Waals surface area (Å²) in [5, 5.41) is 22.9. The van der Waals surface area contributed by atoms with Crippen molar-refractivity contribution in [2.24, 2.45) is 0 Å². The Bertz CT molecular complexity index is 1150. The van der Waals surface area contributed by atoms with Crippen molar-refractivity contribution < 1.29 is 15.0 Å². The lowest BCUT2D eigenvalue weighted by molar-refractivity contribution is -0.123. The summed E-state index contributed by atoms with van der Waals surface area (Å²) < 4.78 is 0. The molecule has 59 heavy (non-hydrogen) atoms. The number of carbonyl (C=O) groups is 1. The molecule has 0 aromatic heterocycles. The van der Waals surface area contributed by atoms with Crippen molar-refractivity contribution in [3.63, 3.8) is 0 Å². The van der Waals surface area contributed by atoms with Crippen LogP contribution in [0.25, 0.3) is 0 Å². The normalized spacial score (nSPS) is 13.9. The molecule has 1 amide bonds. The van der Waals surface area contributed by atoms with Crippen LogP contribution in [0.3, 0.4) is 0 Å². The zero-order chi connectivity index (χ0) is 42.8. The molecule has 0 saturated carbocycles. The van der Waals surface area contributed by atoms with E-state index in [0.717, 1.165) is 77.0 Å². The molecule has 0 fully saturated rings. The van der Waals surface area contributed by atoms with E-state index in [9.17, 15) is 15.0 Å². The highest BCUT2D eigenvalue weighted by Crippen LogP contribution is 2.14. The maximum Gasteiger partial charge on any atom is 0.220 e. The summed E-state index contributed by atoms with van der Waals surface area (Å²) in [7, 11) is 0. The largest absolute Gasteiger partial charge is 0.394 e. The van der Waals surface area contributed by atoms with Crippen molar-refractivity contribution in [2.45, 2.75) is 225 Å². The molecule has 0 spiro atoms. The molecule has 2 unspecified atom stereocenters. The van der Waals surface area contributed by atoms with Gasteiger partial charge in [-0.3, -0.25) is 4.79 Å². The maximum absolute atomic E-state index is 12.4. The van der Waals surface area contributed by atoms with Gasteiger partial charge in [-0.05, 0) is 83.5 Å². The molecule has 0 bridgehead atoms. The Labute approximate surface area is 366 Å². The first-order chi connectivity index (χ1) is 29.2. The molecule has 4 nitrogen and oxygen atoms in total. The molecule has 336 valence electrons. The molecule has 0 aliphatic rings. The molecule has 2 atom stereocenters. The van der Waals surface area contributed by atoms with Gasteiger partial charge in [-0.25, -0.2) is 0 Å². The zero-order valence-corrected chi connectivity index (χ0v) is 38.5. The number of rotatable bonds is 43. The second kappa shape index (κ2) is 49.4. The predicted molar refractivity (Wildman–Crippen MR) is 262 cm³/mol. The Morgan fingerprint density at radius 3 is 1.12 bits per heavy atom. The number of aliphatic hydroxyl groups is 2. The van der Waals surface area contributed by atoms with E-state index in [-0.39, 0.29) is 12.5 Å². The molecule has 0 aliphatic carbocycles. The van der Waals surface area contributed by atoms with Gasteiger partial charge in [0.2, 0.25) is 5.91 Å². The minimum Gasteiger partial charge on any atom is -0.394 e. The van der Waals surface area contributed by atoms with Crippen LogP contribution in [0, 0.1) is 0 Å². The van der Waals surface area contributed by atoms with Crippen molar-refractivity contribution in [1.29, 1.82) is 0 Å². The fourth-order valence-electron chi connectivity index (χ4n) is 6.78. The van der Waals surface area contributed by atoms with E-state index in [1.54, 1.807) is 6.08 Å². The minimum atomic E-state index is -0.843. The molecule has 4 heteroatoms. The smallest absolute Gasteiger partial charge is 0.220 e. The second-order valence-electron chi connectivity index (χ2n) is 16.1. The van der Waals surface area contributed by atoms with E-state index >= 15 is 0 Å². The van der Waals surface area contributed by atoms with E-state index < -0.39 is 12.1 Å². The van der Waals surface area contributed by atoms with Crippen LogP contribution in [0.5, 0.6) is 0 Å². The van der Waals surface area contributed by atoms with Gasteiger partial charge in [-0.1, -0.05) is 232 Å². The van der Waals surface area contributed by atoms with E-state index in [1.165, 1.54) is 116 Å². The van der Waals surface area contributed by atoms with Gasteiger partial charge in [0.05, 0.1) is 18.8 Å². The van der Waals surface area contributed by atoms with Crippen molar-refractivity contribution in [1.82, 2.24) is 5.32 Å². The number of hydrogen-bond donors (Lipinski definition) is 3. The van der Waals surface area contributed by atoms with Gasteiger partial charge in [-0.2, -0.15) is 0 Å². The third-order valence-electron chi connectivity index (χ3n) is 10.5. The average molecular weight is 816 g/mol. The lowest BCUT2D eigenvalue weighted by Crippen LogP contribution is -2.45. The van der Waals surface area contributed by atoms with Crippen molar-refractivity contribution in [3.05, 3.63) is 109 Å². The van der Waals surface area contributed by atoms with Crippen molar-refractivity contribution >= 4 is 5.91 Å². The van der Waals surface area contributed by atoms with Gasteiger partial charge in [0.25, 0.3) is 0 Å². The Balaban J connectivity index is 3.57. The van der Waals surface area contributed by atoms with Crippen LogP contribution in [0.1, 0.15) is 213 Å². The highest BCUT2D eigenvalue weighted by molar-refractivity contribution is 5.76. The Morgan fingerprint density at radius 1 is 0.424 bits per heavy atom. The summed E-state index contributed by atoms with van der Waals surface area (Å²) in [5.74, 6) is -0.0730. The average Bonchev–Trinajstić information content (AvgIpc) is 3.24. The SMILES string of the molecule is CC/C=C\C/C=C\C/C=C\C/C=C\C/C=C\C/C=C\C/C=C\C/C=C\CCCCCCCCCCCCCCC(=O)NC(CO)C(O)/C=C/CCCCCCCCCC. The number of unbranched alkanes of at least 4 members (excludes halogenated alkanes) is 20.